The molecule has 2 N–H and O–H groups in total. The Morgan fingerprint density at radius 3 is 2.30 bits per heavy atom. The molecule has 0 aliphatic heterocycles. The second-order valence-electron chi connectivity index (χ2n) is 5.97. The zero-order chi connectivity index (χ0) is 19.9. The van der Waals surface area contributed by atoms with Gasteiger partial charge in [-0.2, -0.15) is 0 Å². The predicted molar refractivity (Wildman–Crippen MR) is 102 cm³/mol. The van der Waals surface area contributed by atoms with Gasteiger partial charge in [0.2, 0.25) is 0 Å². The van der Waals surface area contributed by atoms with E-state index in [9.17, 15) is 13.2 Å². The van der Waals surface area contributed by atoms with Crippen LogP contribution in [-0.4, -0.2) is 28.0 Å². The normalized spacial score (nSPS) is 12.3. The molecule has 0 aromatic heterocycles. The summed E-state index contributed by atoms with van der Waals surface area (Å²) in [5.41, 5.74) is 3.20. The summed E-state index contributed by atoms with van der Waals surface area (Å²) in [7, 11) is -2.37. The smallest absolute Gasteiger partial charge is 0.272 e. The number of carbonyl (C=O) groups excluding carboxylic acids is 1. The van der Waals surface area contributed by atoms with Crippen molar-refractivity contribution in [2.24, 2.45) is 0 Å². The average Bonchev–Trinajstić information content (AvgIpc) is 2.70. The summed E-state index contributed by atoms with van der Waals surface area (Å²) < 4.78 is 35.0. The van der Waals surface area contributed by atoms with Crippen LogP contribution >= 0.6 is 0 Å². The van der Waals surface area contributed by atoms with E-state index in [2.05, 4.69) is 24.1 Å². The minimum atomic E-state index is -3.86. The third-order valence-electron chi connectivity index (χ3n) is 4.12. The number of sulfonamides is 1. The van der Waals surface area contributed by atoms with Crippen LogP contribution in [0, 0.1) is 0 Å². The van der Waals surface area contributed by atoms with Crippen molar-refractivity contribution in [3.05, 3.63) is 54.1 Å². The molecule has 0 heterocycles. The fourth-order valence-corrected chi connectivity index (χ4v) is 3.17. The highest BCUT2D eigenvalue weighted by Crippen LogP contribution is 2.25. The van der Waals surface area contributed by atoms with Crippen molar-refractivity contribution < 1.29 is 22.7 Å². The van der Waals surface area contributed by atoms with Crippen molar-refractivity contribution in [1.82, 2.24) is 10.3 Å². The Morgan fingerprint density at radius 2 is 1.70 bits per heavy atom. The molecule has 0 radical (unpaired) electrons. The summed E-state index contributed by atoms with van der Waals surface area (Å²) in [5.74, 6) is 0.577. The van der Waals surface area contributed by atoms with E-state index in [0.717, 1.165) is 12.0 Å². The van der Waals surface area contributed by atoms with Crippen molar-refractivity contribution in [3.63, 3.8) is 0 Å². The lowest BCUT2D eigenvalue weighted by atomic mass is 9.99. The number of carbonyl (C=O) groups is 1. The summed E-state index contributed by atoms with van der Waals surface area (Å²) in [5, 5.41) is 0. The lowest BCUT2D eigenvalue weighted by Crippen LogP contribution is -2.43. The Morgan fingerprint density at radius 1 is 1.07 bits per heavy atom. The van der Waals surface area contributed by atoms with E-state index >= 15 is 0 Å². The molecule has 0 saturated heterocycles. The van der Waals surface area contributed by atoms with Gasteiger partial charge < -0.3 is 9.47 Å². The first-order valence-corrected chi connectivity index (χ1v) is 10.0. The Bertz CT molecular complexity index is 866. The standard InChI is InChI=1S/C19H24N2O5S/c1-4-14(2)15-9-11-16(12-10-15)27(23,24)21-20-19(22)13-26-18-8-6-5-7-17(18)25-3/h5-12,14,21H,4,13H2,1-3H3,(H,20,22)/t14-/m0/s1. The van der Waals surface area contributed by atoms with Crippen molar-refractivity contribution in [2.75, 3.05) is 13.7 Å². The number of hydrogen-bond donors (Lipinski definition) is 2. The second-order valence-corrected chi connectivity index (χ2v) is 7.65. The molecule has 0 spiro atoms. The molecule has 2 rings (SSSR count). The third-order valence-corrected chi connectivity index (χ3v) is 5.39. The maximum absolute atomic E-state index is 12.3. The molecule has 1 atom stereocenters. The van der Waals surface area contributed by atoms with E-state index in [4.69, 9.17) is 9.47 Å². The van der Waals surface area contributed by atoms with E-state index < -0.39 is 15.9 Å². The molecule has 2 aromatic rings. The van der Waals surface area contributed by atoms with Gasteiger partial charge in [0, 0.05) is 0 Å². The molecule has 7 nitrogen and oxygen atoms in total. The zero-order valence-electron chi connectivity index (χ0n) is 15.6. The highest BCUT2D eigenvalue weighted by Gasteiger charge is 2.16. The van der Waals surface area contributed by atoms with Gasteiger partial charge in [-0.1, -0.05) is 38.1 Å². The molecular formula is C19H24N2O5S. The van der Waals surface area contributed by atoms with Gasteiger partial charge in [0.1, 0.15) is 0 Å². The van der Waals surface area contributed by atoms with Crippen LogP contribution in [-0.2, 0) is 14.8 Å². The topological polar surface area (TPSA) is 93.7 Å². The fraction of sp³-hybridized carbons (Fsp3) is 0.316. The van der Waals surface area contributed by atoms with Crippen LogP contribution in [0.2, 0.25) is 0 Å². The summed E-state index contributed by atoms with van der Waals surface area (Å²) in [6, 6.07) is 13.4. The number of nitrogens with one attached hydrogen (secondary N) is 2. The van der Waals surface area contributed by atoms with Gasteiger partial charge in [0.15, 0.2) is 18.1 Å². The van der Waals surface area contributed by atoms with Crippen LogP contribution in [0.3, 0.4) is 0 Å². The first-order valence-electron chi connectivity index (χ1n) is 8.53. The number of para-hydroxylation sites is 2. The van der Waals surface area contributed by atoms with Gasteiger partial charge in [-0.3, -0.25) is 10.2 Å². The largest absolute Gasteiger partial charge is 0.493 e. The van der Waals surface area contributed by atoms with Crippen LogP contribution in [0.4, 0.5) is 0 Å². The number of rotatable bonds is 9. The molecule has 27 heavy (non-hydrogen) atoms. The Labute approximate surface area is 159 Å². The third kappa shape index (κ3) is 5.70. The zero-order valence-corrected chi connectivity index (χ0v) is 16.4. The number of hydrazine groups is 1. The van der Waals surface area contributed by atoms with Gasteiger partial charge in [-0.05, 0) is 42.2 Å². The number of amides is 1. The van der Waals surface area contributed by atoms with E-state index in [1.54, 1.807) is 36.4 Å². The minimum absolute atomic E-state index is 0.0699. The highest BCUT2D eigenvalue weighted by molar-refractivity contribution is 7.89. The lowest BCUT2D eigenvalue weighted by molar-refractivity contribution is -0.123. The van der Waals surface area contributed by atoms with Gasteiger partial charge in [0.25, 0.3) is 15.9 Å². The molecule has 146 valence electrons. The number of benzene rings is 2. The lowest BCUT2D eigenvalue weighted by Gasteiger charge is -2.12. The number of hydrogen-bond acceptors (Lipinski definition) is 5. The van der Waals surface area contributed by atoms with E-state index in [1.165, 1.54) is 19.2 Å². The van der Waals surface area contributed by atoms with Crippen LogP contribution in [0.15, 0.2) is 53.4 Å². The van der Waals surface area contributed by atoms with Gasteiger partial charge in [0.05, 0.1) is 12.0 Å². The molecule has 0 bridgehead atoms. The SMILES string of the molecule is CC[C@H](C)c1ccc(S(=O)(=O)NNC(=O)COc2ccccc2OC)cc1. The summed E-state index contributed by atoms with van der Waals surface area (Å²) in [4.78, 5) is 14.0. The van der Waals surface area contributed by atoms with Gasteiger partial charge >= 0.3 is 0 Å². The number of ether oxygens (including phenoxy) is 2. The Kier molecular flexibility index (Phi) is 7.20. The summed E-state index contributed by atoms with van der Waals surface area (Å²) in [6.45, 7) is 3.78. The minimum Gasteiger partial charge on any atom is -0.493 e. The fourth-order valence-electron chi connectivity index (χ4n) is 2.31. The quantitative estimate of drug-likeness (QED) is 0.640. The molecular weight excluding hydrogens is 368 g/mol. The van der Waals surface area contributed by atoms with Crippen molar-refractivity contribution >= 4 is 15.9 Å². The number of methoxy groups -OCH3 is 1. The molecule has 0 aliphatic carbocycles. The molecule has 0 fully saturated rings. The Hall–Kier alpha value is -2.58. The van der Waals surface area contributed by atoms with Crippen LogP contribution < -0.4 is 19.7 Å². The first-order chi connectivity index (χ1) is 12.9. The molecule has 2 aromatic carbocycles. The molecule has 0 saturated carbocycles. The van der Waals surface area contributed by atoms with Crippen molar-refractivity contribution in [3.8, 4) is 11.5 Å². The van der Waals surface area contributed by atoms with Crippen LogP contribution in [0.1, 0.15) is 31.7 Å². The van der Waals surface area contributed by atoms with Gasteiger partial charge in [-0.25, -0.2) is 8.42 Å². The maximum atomic E-state index is 12.3. The van der Waals surface area contributed by atoms with E-state index in [-0.39, 0.29) is 11.5 Å². The van der Waals surface area contributed by atoms with E-state index in [0.29, 0.717) is 17.4 Å². The average molecular weight is 392 g/mol. The first kappa shape index (κ1) is 20.7. The van der Waals surface area contributed by atoms with Crippen LogP contribution in [0.5, 0.6) is 11.5 Å². The van der Waals surface area contributed by atoms with Gasteiger partial charge in [-0.15, -0.1) is 4.83 Å². The molecule has 0 unspecified atom stereocenters. The monoisotopic (exact) mass is 392 g/mol. The summed E-state index contributed by atoms with van der Waals surface area (Å²) in [6.07, 6.45) is 0.965. The Balaban J connectivity index is 1.91. The second kappa shape index (κ2) is 9.38. The van der Waals surface area contributed by atoms with Crippen LogP contribution in [0.25, 0.3) is 0 Å². The maximum Gasteiger partial charge on any atom is 0.272 e. The predicted octanol–water partition coefficient (Wildman–Crippen LogP) is 2.60. The highest BCUT2D eigenvalue weighted by atomic mass is 32.2. The molecule has 1 amide bonds. The van der Waals surface area contributed by atoms with E-state index in [1.807, 2.05) is 0 Å². The van der Waals surface area contributed by atoms with Crippen molar-refractivity contribution in [1.29, 1.82) is 0 Å². The molecule has 8 heteroatoms. The van der Waals surface area contributed by atoms with Crippen molar-refractivity contribution in [2.45, 2.75) is 31.1 Å². The molecule has 0 aliphatic rings. The summed E-state index contributed by atoms with van der Waals surface area (Å²) >= 11 is 0.